The third-order valence-corrected chi connectivity index (χ3v) is 4.46. The Morgan fingerprint density at radius 3 is 2.92 bits per heavy atom. The summed E-state index contributed by atoms with van der Waals surface area (Å²) in [6.45, 7) is 5.25. The van der Waals surface area contributed by atoms with Gasteiger partial charge in [-0.1, -0.05) is 19.9 Å². The minimum atomic E-state index is -0.487. The molecule has 1 aliphatic rings. The molecule has 1 atom stereocenters. The first-order valence-electron chi connectivity index (χ1n) is 8.38. The van der Waals surface area contributed by atoms with Crippen molar-refractivity contribution in [3.8, 4) is 0 Å². The van der Waals surface area contributed by atoms with E-state index in [2.05, 4.69) is 29.2 Å². The molecule has 128 valence electrons. The topological polar surface area (TPSA) is 69.0 Å². The Balaban J connectivity index is 1.73. The number of pyridine rings is 1. The van der Waals surface area contributed by atoms with Gasteiger partial charge >= 0.3 is 0 Å². The molecule has 1 saturated heterocycles. The van der Waals surface area contributed by atoms with Crippen molar-refractivity contribution < 1.29 is 9.53 Å². The van der Waals surface area contributed by atoms with Crippen molar-refractivity contribution >= 4 is 5.91 Å². The molecule has 0 bridgehead atoms. The molecule has 1 fully saturated rings. The molecule has 1 N–H and O–H groups in total. The summed E-state index contributed by atoms with van der Waals surface area (Å²) in [5.41, 5.74) is 1.88. The Morgan fingerprint density at radius 1 is 1.46 bits per heavy atom. The predicted octanol–water partition coefficient (Wildman–Crippen LogP) is 2.37. The van der Waals surface area contributed by atoms with Crippen molar-refractivity contribution in [1.29, 1.82) is 0 Å². The van der Waals surface area contributed by atoms with E-state index >= 15 is 0 Å². The van der Waals surface area contributed by atoms with Crippen molar-refractivity contribution in [2.45, 2.75) is 38.2 Å². The molecule has 1 unspecified atom stereocenters. The number of hydrogen-bond acceptors (Lipinski definition) is 4. The molecule has 6 heteroatoms. The van der Waals surface area contributed by atoms with Crippen LogP contribution >= 0.6 is 0 Å². The summed E-state index contributed by atoms with van der Waals surface area (Å²) < 4.78 is 7.76. The number of nitrogens with zero attached hydrogens (tertiary/aromatic N) is 3. The Hall–Kier alpha value is -2.21. The smallest absolute Gasteiger partial charge is 0.269 e. The van der Waals surface area contributed by atoms with Crippen LogP contribution in [0.2, 0.25) is 0 Å². The average Bonchev–Trinajstić information content (AvgIpc) is 3.22. The first kappa shape index (κ1) is 16.6. The van der Waals surface area contributed by atoms with Crippen LogP contribution in [0.1, 0.15) is 54.4 Å². The van der Waals surface area contributed by atoms with Crippen molar-refractivity contribution in [1.82, 2.24) is 20.1 Å². The lowest BCUT2D eigenvalue weighted by Gasteiger charge is -2.27. The molecule has 1 aliphatic heterocycles. The summed E-state index contributed by atoms with van der Waals surface area (Å²) >= 11 is 0. The molecule has 0 spiro atoms. The van der Waals surface area contributed by atoms with Gasteiger partial charge in [-0.25, -0.2) is 4.98 Å². The summed E-state index contributed by atoms with van der Waals surface area (Å²) in [4.78, 5) is 17.0. The van der Waals surface area contributed by atoms with Gasteiger partial charge in [0.25, 0.3) is 5.91 Å². The Bertz CT molecular complexity index is 717. The van der Waals surface area contributed by atoms with Crippen LogP contribution in [0.4, 0.5) is 0 Å². The fraction of sp³-hybridized carbons (Fsp3) is 0.500. The molecule has 0 aliphatic carbocycles. The highest BCUT2D eigenvalue weighted by Gasteiger charge is 2.38. The van der Waals surface area contributed by atoms with Crippen LogP contribution in [0.15, 0.2) is 30.6 Å². The highest BCUT2D eigenvalue weighted by molar-refractivity contribution is 5.92. The van der Waals surface area contributed by atoms with Gasteiger partial charge in [0.15, 0.2) is 0 Å². The van der Waals surface area contributed by atoms with E-state index in [1.54, 1.807) is 10.7 Å². The molecule has 6 nitrogen and oxygen atoms in total. The second kappa shape index (κ2) is 6.73. The third kappa shape index (κ3) is 3.33. The minimum Gasteiger partial charge on any atom is -0.368 e. The maximum atomic E-state index is 12.5. The molecular weight excluding hydrogens is 304 g/mol. The predicted molar refractivity (Wildman–Crippen MR) is 90.7 cm³/mol. The number of nitrogens with one attached hydrogen (secondary N) is 1. The van der Waals surface area contributed by atoms with Crippen molar-refractivity contribution in [2.75, 3.05) is 13.2 Å². The van der Waals surface area contributed by atoms with Crippen LogP contribution in [0.3, 0.4) is 0 Å². The number of amides is 1. The van der Waals surface area contributed by atoms with Crippen molar-refractivity contribution in [2.24, 2.45) is 7.05 Å². The lowest BCUT2D eigenvalue weighted by atomic mass is 9.93. The largest absolute Gasteiger partial charge is 0.368 e. The zero-order valence-corrected chi connectivity index (χ0v) is 14.5. The zero-order valence-electron chi connectivity index (χ0n) is 14.5. The lowest BCUT2D eigenvalue weighted by molar-refractivity contribution is 0.00126. The van der Waals surface area contributed by atoms with E-state index in [1.165, 1.54) is 0 Å². The van der Waals surface area contributed by atoms with Gasteiger partial charge < -0.3 is 10.1 Å². The quantitative estimate of drug-likeness (QED) is 0.915. The minimum absolute atomic E-state index is 0.170. The van der Waals surface area contributed by atoms with E-state index in [0.29, 0.717) is 18.8 Å². The van der Waals surface area contributed by atoms with Crippen LogP contribution in [-0.4, -0.2) is 33.8 Å². The van der Waals surface area contributed by atoms with E-state index in [9.17, 15) is 4.79 Å². The second-order valence-corrected chi connectivity index (χ2v) is 6.63. The first-order chi connectivity index (χ1) is 11.5. The Labute approximate surface area is 142 Å². The van der Waals surface area contributed by atoms with Gasteiger partial charge in [0.2, 0.25) is 0 Å². The van der Waals surface area contributed by atoms with E-state index < -0.39 is 5.60 Å². The normalized spacial score (nSPS) is 20.5. The molecule has 3 heterocycles. The van der Waals surface area contributed by atoms with Crippen LogP contribution < -0.4 is 5.32 Å². The number of ether oxygens (including phenoxy) is 1. The number of rotatable bonds is 5. The molecule has 2 aromatic heterocycles. The Kier molecular flexibility index (Phi) is 4.66. The molecule has 24 heavy (non-hydrogen) atoms. The standard InChI is InChI=1S/C18H24N4O2/c1-13(2)15-6-4-7-16(21-15)17(23)19-12-18(8-5-9-24-18)14-10-20-22(3)11-14/h4,6-7,10-11,13H,5,8-9,12H2,1-3H3,(H,19,23). The SMILES string of the molecule is CC(C)c1cccc(C(=O)NCC2(c3cnn(C)c3)CCCO2)n1. The molecule has 0 saturated carbocycles. The van der Waals surface area contributed by atoms with Gasteiger partial charge in [0.1, 0.15) is 11.3 Å². The summed E-state index contributed by atoms with van der Waals surface area (Å²) in [5, 5.41) is 7.23. The number of aromatic nitrogens is 3. The first-order valence-corrected chi connectivity index (χ1v) is 8.38. The van der Waals surface area contributed by atoms with E-state index in [4.69, 9.17) is 4.74 Å². The number of hydrogen-bond donors (Lipinski definition) is 1. The second-order valence-electron chi connectivity index (χ2n) is 6.63. The molecule has 2 aromatic rings. The monoisotopic (exact) mass is 328 g/mol. The molecule has 0 radical (unpaired) electrons. The van der Waals surface area contributed by atoms with Crippen LogP contribution in [-0.2, 0) is 17.4 Å². The molecular formula is C18H24N4O2. The molecule has 0 aromatic carbocycles. The number of carbonyl (C=O) groups excluding carboxylic acids is 1. The third-order valence-electron chi connectivity index (χ3n) is 4.46. The molecule has 3 rings (SSSR count). The van der Waals surface area contributed by atoms with Gasteiger partial charge in [-0.15, -0.1) is 0 Å². The lowest BCUT2D eigenvalue weighted by Crippen LogP contribution is -2.40. The summed E-state index contributed by atoms with van der Waals surface area (Å²) in [6.07, 6.45) is 5.62. The van der Waals surface area contributed by atoms with Crippen LogP contribution in [0.5, 0.6) is 0 Å². The van der Waals surface area contributed by atoms with Crippen molar-refractivity contribution in [3.63, 3.8) is 0 Å². The highest BCUT2D eigenvalue weighted by Crippen LogP contribution is 2.35. The van der Waals surface area contributed by atoms with Gasteiger partial charge in [0, 0.05) is 31.1 Å². The number of aryl methyl sites for hydroxylation is 1. The van der Waals surface area contributed by atoms with Crippen LogP contribution in [0.25, 0.3) is 0 Å². The summed E-state index contributed by atoms with van der Waals surface area (Å²) in [6, 6.07) is 5.56. The van der Waals surface area contributed by atoms with Gasteiger partial charge in [0.05, 0.1) is 12.7 Å². The van der Waals surface area contributed by atoms with Gasteiger partial charge in [-0.05, 0) is 30.9 Å². The Morgan fingerprint density at radius 2 is 2.29 bits per heavy atom. The maximum Gasteiger partial charge on any atom is 0.269 e. The van der Waals surface area contributed by atoms with Gasteiger partial charge in [-0.2, -0.15) is 5.10 Å². The number of carbonyl (C=O) groups is 1. The summed E-state index contributed by atoms with van der Waals surface area (Å²) in [5.74, 6) is 0.119. The summed E-state index contributed by atoms with van der Waals surface area (Å²) in [7, 11) is 1.88. The maximum absolute atomic E-state index is 12.5. The van der Waals surface area contributed by atoms with Gasteiger partial charge in [-0.3, -0.25) is 9.48 Å². The fourth-order valence-electron chi connectivity index (χ4n) is 3.04. The molecule has 1 amide bonds. The highest BCUT2D eigenvalue weighted by atomic mass is 16.5. The van der Waals surface area contributed by atoms with E-state index in [0.717, 1.165) is 24.1 Å². The fourth-order valence-corrected chi connectivity index (χ4v) is 3.04. The average molecular weight is 328 g/mol. The zero-order chi connectivity index (χ0) is 17.2. The van der Waals surface area contributed by atoms with E-state index in [1.807, 2.05) is 31.6 Å². The van der Waals surface area contributed by atoms with Crippen molar-refractivity contribution in [3.05, 3.63) is 47.5 Å². The van der Waals surface area contributed by atoms with Crippen LogP contribution in [0, 0.1) is 0 Å². The van der Waals surface area contributed by atoms with E-state index in [-0.39, 0.29) is 11.8 Å².